The molecule has 1 aromatic heterocycles. The Morgan fingerprint density at radius 2 is 2.33 bits per heavy atom. The summed E-state index contributed by atoms with van der Waals surface area (Å²) < 4.78 is 6.82. The molecule has 0 bridgehead atoms. The van der Waals surface area contributed by atoms with Gasteiger partial charge in [0.05, 0.1) is 12.3 Å². The van der Waals surface area contributed by atoms with Crippen LogP contribution in [-0.2, 0) is 11.3 Å². The zero-order valence-electron chi connectivity index (χ0n) is 10.3. The van der Waals surface area contributed by atoms with Crippen LogP contribution in [0, 0.1) is 0 Å². The molecule has 5 heteroatoms. The van der Waals surface area contributed by atoms with Crippen molar-refractivity contribution < 1.29 is 4.74 Å². The molecule has 0 unspecified atom stereocenters. The highest BCUT2D eigenvalue weighted by Crippen LogP contribution is 2.19. The average Bonchev–Trinajstić information content (AvgIpc) is 2.90. The lowest BCUT2D eigenvalue weighted by Crippen LogP contribution is -2.19. The van der Waals surface area contributed by atoms with Gasteiger partial charge >= 0.3 is 0 Å². The number of hydrogen-bond donors (Lipinski definition) is 1. The minimum Gasteiger partial charge on any atom is -0.383 e. The second-order valence-corrected chi connectivity index (χ2v) is 4.33. The van der Waals surface area contributed by atoms with Crippen molar-refractivity contribution >= 4 is 11.6 Å². The average molecular weight is 266 g/mol. The first kappa shape index (κ1) is 13.1. The smallest absolute Gasteiger partial charge is 0.0705 e. The summed E-state index contributed by atoms with van der Waals surface area (Å²) in [7, 11) is 1.69. The van der Waals surface area contributed by atoms with Crippen LogP contribution in [0.25, 0.3) is 5.69 Å². The van der Waals surface area contributed by atoms with Gasteiger partial charge in [-0.3, -0.25) is 0 Å². The number of aromatic nitrogens is 2. The quantitative estimate of drug-likeness (QED) is 0.815. The molecule has 2 aromatic rings. The Hall–Kier alpha value is -1.36. The van der Waals surface area contributed by atoms with Gasteiger partial charge < -0.3 is 10.1 Å². The Balaban J connectivity index is 2.14. The van der Waals surface area contributed by atoms with Gasteiger partial charge in [-0.05, 0) is 23.8 Å². The molecular weight excluding hydrogens is 250 g/mol. The summed E-state index contributed by atoms with van der Waals surface area (Å²) in [5.41, 5.74) is 2.15. The maximum Gasteiger partial charge on any atom is 0.0705 e. The minimum absolute atomic E-state index is 0.699. The van der Waals surface area contributed by atoms with E-state index in [4.69, 9.17) is 16.3 Å². The zero-order valence-corrected chi connectivity index (χ0v) is 11.0. The van der Waals surface area contributed by atoms with Crippen molar-refractivity contribution in [3.8, 4) is 5.69 Å². The van der Waals surface area contributed by atoms with Gasteiger partial charge in [-0.15, -0.1) is 0 Å². The number of halogens is 1. The summed E-state index contributed by atoms with van der Waals surface area (Å²) in [4.78, 5) is 0. The van der Waals surface area contributed by atoms with Gasteiger partial charge in [0.25, 0.3) is 0 Å². The maximum absolute atomic E-state index is 6.04. The van der Waals surface area contributed by atoms with Gasteiger partial charge in [0.2, 0.25) is 0 Å². The largest absolute Gasteiger partial charge is 0.383 e. The van der Waals surface area contributed by atoms with E-state index in [0.717, 1.165) is 24.3 Å². The number of nitrogens with zero attached hydrogens (tertiary/aromatic N) is 2. The molecule has 1 aromatic carbocycles. The van der Waals surface area contributed by atoms with Crippen LogP contribution in [0.5, 0.6) is 0 Å². The van der Waals surface area contributed by atoms with E-state index in [1.54, 1.807) is 13.3 Å². The predicted octanol–water partition coefficient (Wildman–Crippen LogP) is 2.26. The van der Waals surface area contributed by atoms with Crippen LogP contribution in [0.4, 0.5) is 0 Å². The molecule has 0 radical (unpaired) electrons. The molecule has 18 heavy (non-hydrogen) atoms. The van der Waals surface area contributed by atoms with Gasteiger partial charge in [-0.1, -0.05) is 17.7 Å². The summed E-state index contributed by atoms with van der Waals surface area (Å²) in [6, 6.07) is 7.71. The Morgan fingerprint density at radius 1 is 1.44 bits per heavy atom. The van der Waals surface area contributed by atoms with Crippen molar-refractivity contribution in [2.24, 2.45) is 0 Å². The summed E-state index contributed by atoms with van der Waals surface area (Å²) in [5.74, 6) is 0. The standard InChI is InChI=1S/C13H16ClN3O/c1-18-8-6-15-10-11-3-4-12(14)9-13(11)17-7-2-5-16-17/h2-5,7,9,15H,6,8,10H2,1H3. The molecule has 1 heterocycles. The molecule has 2 rings (SSSR count). The molecule has 0 spiro atoms. The fraction of sp³-hybridized carbons (Fsp3) is 0.308. The molecule has 4 nitrogen and oxygen atoms in total. The van der Waals surface area contributed by atoms with E-state index >= 15 is 0 Å². The van der Waals surface area contributed by atoms with Gasteiger partial charge in [-0.2, -0.15) is 5.10 Å². The number of nitrogens with one attached hydrogen (secondary N) is 1. The Labute approximate surface area is 112 Å². The van der Waals surface area contributed by atoms with Crippen LogP contribution in [0.1, 0.15) is 5.56 Å². The molecule has 0 aliphatic carbocycles. The SMILES string of the molecule is COCCNCc1ccc(Cl)cc1-n1cccn1. The van der Waals surface area contributed by atoms with E-state index in [1.807, 2.05) is 35.1 Å². The Kier molecular flexibility index (Phi) is 4.75. The van der Waals surface area contributed by atoms with Crippen molar-refractivity contribution in [2.45, 2.75) is 6.54 Å². The number of rotatable bonds is 6. The molecule has 0 fully saturated rings. The molecule has 0 amide bonds. The van der Waals surface area contributed by atoms with Crippen LogP contribution < -0.4 is 5.32 Å². The third-order valence-corrected chi connectivity index (χ3v) is 2.83. The summed E-state index contributed by atoms with van der Waals surface area (Å²) in [5, 5.41) is 8.26. The molecule has 0 saturated heterocycles. The van der Waals surface area contributed by atoms with Gasteiger partial charge in [0.1, 0.15) is 0 Å². The first-order valence-corrected chi connectivity index (χ1v) is 6.17. The zero-order chi connectivity index (χ0) is 12.8. The fourth-order valence-corrected chi connectivity index (χ4v) is 1.87. The molecule has 1 N–H and O–H groups in total. The maximum atomic E-state index is 6.04. The van der Waals surface area contributed by atoms with E-state index in [-0.39, 0.29) is 0 Å². The lowest BCUT2D eigenvalue weighted by atomic mass is 10.2. The molecule has 0 saturated carbocycles. The van der Waals surface area contributed by atoms with Crippen LogP contribution in [-0.4, -0.2) is 30.0 Å². The fourth-order valence-electron chi connectivity index (χ4n) is 1.71. The Morgan fingerprint density at radius 3 is 3.06 bits per heavy atom. The highest BCUT2D eigenvalue weighted by atomic mass is 35.5. The molecule has 0 aliphatic heterocycles. The second kappa shape index (κ2) is 6.54. The number of benzene rings is 1. The van der Waals surface area contributed by atoms with Gasteiger partial charge in [0.15, 0.2) is 0 Å². The van der Waals surface area contributed by atoms with E-state index < -0.39 is 0 Å². The third kappa shape index (κ3) is 3.32. The first-order chi connectivity index (χ1) is 8.81. The van der Waals surface area contributed by atoms with Crippen molar-refractivity contribution in [3.63, 3.8) is 0 Å². The van der Waals surface area contributed by atoms with E-state index in [9.17, 15) is 0 Å². The summed E-state index contributed by atoms with van der Waals surface area (Å²) in [6.45, 7) is 2.28. The molecular formula is C13H16ClN3O. The van der Waals surface area contributed by atoms with Gasteiger partial charge in [-0.25, -0.2) is 4.68 Å². The first-order valence-electron chi connectivity index (χ1n) is 5.79. The Bertz CT molecular complexity index is 485. The van der Waals surface area contributed by atoms with Crippen LogP contribution in [0.3, 0.4) is 0 Å². The molecule has 0 atom stereocenters. The van der Waals surface area contributed by atoms with Crippen LogP contribution in [0.15, 0.2) is 36.7 Å². The van der Waals surface area contributed by atoms with Crippen molar-refractivity contribution in [2.75, 3.05) is 20.3 Å². The van der Waals surface area contributed by atoms with E-state index in [0.29, 0.717) is 11.6 Å². The lowest BCUT2D eigenvalue weighted by Gasteiger charge is -2.11. The van der Waals surface area contributed by atoms with E-state index in [1.165, 1.54) is 0 Å². The second-order valence-electron chi connectivity index (χ2n) is 3.89. The highest BCUT2D eigenvalue weighted by molar-refractivity contribution is 6.30. The number of methoxy groups -OCH3 is 1. The normalized spacial score (nSPS) is 10.8. The number of hydrogen-bond acceptors (Lipinski definition) is 3. The van der Waals surface area contributed by atoms with E-state index in [2.05, 4.69) is 10.4 Å². The van der Waals surface area contributed by atoms with Crippen LogP contribution >= 0.6 is 11.6 Å². The summed E-state index contributed by atoms with van der Waals surface area (Å²) >= 11 is 6.04. The van der Waals surface area contributed by atoms with Crippen molar-refractivity contribution in [3.05, 3.63) is 47.2 Å². The summed E-state index contributed by atoms with van der Waals surface area (Å²) in [6.07, 6.45) is 3.66. The van der Waals surface area contributed by atoms with Crippen molar-refractivity contribution in [1.29, 1.82) is 0 Å². The van der Waals surface area contributed by atoms with Gasteiger partial charge in [0, 0.05) is 37.6 Å². The van der Waals surface area contributed by atoms with Crippen molar-refractivity contribution in [1.82, 2.24) is 15.1 Å². The number of ether oxygens (including phenoxy) is 1. The van der Waals surface area contributed by atoms with Crippen LogP contribution in [0.2, 0.25) is 5.02 Å². The minimum atomic E-state index is 0.699. The lowest BCUT2D eigenvalue weighted by molar-refractivity contribution is 0.199. The third-order valence-electron chi connectivity index (χ3n) is 2.60. The monoisotopic (exact) mass is 265 g/mol. The molecule has 96 valence electrons. The highest BCUT2D eigenvalue weighted by Gasteiger charge is 2.05. The topological polar surface area (TPSA) is 39.1 Å². The molecule has 0 aliphatic rings. The predicted molar refractivity (Wildman–Crippen MR) is 72.2 cm³/mol.